The Hall–Kier alpha value is -4.46. The van der Waals surface area contributed by atoms with Crippen LogP contribution in [0.3, 0.4) is 0 Å². The Balaban J connectivity index is 1.90. The predicted octanol–water partition coefficient (Wildman–Crippen LogP) is 6.39. The van der Waals surface area contributed by atoms with E-state index >= 15 is 0 Å². The van der Waals surface area contributed by atoms with Crippen LogP contribution in [-0.4, -0.2) is 33.3 Å². The van der Waals surface area contributed by atoms with Gasteiger partial charge in [0.1, 0.15) is 5.75 Å². The van der Waals surface area contributed by atoms with E-state index in [1.807, 2.05) is 81.4 Å². The van der Waals surface area contributed by atoms with Crippen LogP contribution in [0.5, 0.6) is 5.75 Å². The van der Waals surface area contributed by atoms with Gasteiger partial charge in [-0.05, 0) is 61.2 Å². The van der Waals surface area contributed by atoms with Crippen molar-refractivity contribution in [2.24, 2.45) is 0 Å². The maximum absolute atomic E-state index is 13.2. The van der Waals surface area contributed by atoms with Crippen molar-refractivity contribution in [1.29, 1.82) is 0 Å². The van der Waals surface area contributed by atoms with Crippen LogP contribution < -0.4 is 15.4 Å². The van der Waals surface area contributed by atoms with Gasteiger partial charge in [0.05, 0.1) is 17.9 Å². The summed E-state index contributed by atoms with van der Waals surface area (Å²) in [4.78, 5) is 13.2. The van der Waals surface area contributed by atoms with E-state index in [4.69, 9.17) is 4.74 Å². The number of aromatic amines is 1. The lowest BCUT2D eigenvalue weighted by Gasteiger charge is -2.22. The molecule has 0 unspecified atom stereocenters. The molecule has 3 aromatic carbocycles. The van der Waals surface area contributed by atoms with Gasteiger partial charge in [-0.3, -0.25) is 0 Å². The highest BCUT2D eigenvalue weighted by atomic mass is 16.5. The van der Waals surface area contributed by atoms with Gasteiger partial charge in [-0.1, -0.05) is 67.1 Å². The molecular formula is C28H30N6O2. The Bertz CT molecular complexity index is 1320. The van der Waals surface area contributed by atoms with Crippen LogP contribution in [0.1, 0.15) is 31.4 Å². The van der Waals surface area contributed by atoms with Crippen molar-refractivity contribution in [1.82, 2.24) is 20.6 Å². The summed E-state index contributed by atoms with van der Waals surface area (Å²) in [6.45, 7) is 6.51. The van der Waals surface area contributed by atoms with Gasteiger partial charge in [0, 0.05) is 11.3 Å². The highest BCUT2D eigenvalue weighted by molar-refractivity contribution is 6.06. The molecule has 0 fully saturated rings. The van der Waals surface area contributed by atoms with Crippen molar-refractivity contribution in [3.05, 3.63) is 83.9 Å². The number of rotatable bonds is 9. The molecule has 0 atom stereocenters. The lowest BCUT2D eigenvalue weighted by molar-refractivity contribution is 0.262. The number of carbonyl (C=O) groups is 1. The molecule has 184 valence electrons. The summed E-state index contributed by atoms with van der Waals surface area (Å²) in [6, 6.07) is 19.2. The molecule has 0 bridgehead atoms. The number of ether oxygens (including phenoxy) is 1. The van der Waals surface area contributed by atoms with Crippen LogP contribution in [0.15, 0.2) is 72.8 Å². The molecule has 8 heteroatoms. The summed E-state index contributed by atoms with van der Waals surface area (Å²) in [5.41, 5.74) is 5.69. The first-order valence-corrected chi connectivity index (χ1v) is 12.0. The smallest absolute Gasteiger partial charge is 0.323 e. The molecule has 0 saturated heterocycles. The maximum atomic E-state index is 13.2. The van der Waals surface area contributed by atoms with Crippen molar-refractivity contribution in [3.8, 4) is 28.3 Å². The van der Waals surface area contributed by atoms with Gasteiger partial charge in [0.2, 0.25) is 5.82 Å². The number of tetrazole rings is 1. The van der Waals surface area contributed by atoms with E-state index in [1.165, 1.54) is 0 Å². The summed E-state index contributed by atoms with van der Waals surface area (Å²) < 4.78 is 6.25. The van der Waals surface area contributed by atoms with E-state index in [9.17, 15) is 4.79 Å². The molecule has 8 nitrogen and oxygen atoms in total. The van der Waals surface area contributed by atoms with Gasteiger partial charge in [-0.15, -0.1) is 10.2 Å². The van der Waals surface area contributed by atoms with Gasteiger partial charge in [0.25, 0.3) is 0 Å². The first-order valence-electron chi connectivity index (χ1n) is 12.0. The van der Waals surface area contributed by atoms with Gasteiger partial charge in [-0.25, -0.2) is 4.79 Å². The Kier molecular flexibility index (Phi) is 8.08. The number of H-pyrrole nitrogens is 1. The molecule has 36 heavy (non-hydrogen) atoms. The quantitative estimate of drug-likeness (QED) is 0.240. The number of urea groups is 1. The second kappa shape index (κ2) is 11.8. The summed E-state index contributed by atoms with van der Waals surface area (Å²) in [6.07, 6.45) is 5.51. The second-order valence-corrected chi connectivity index (χ2v) is 8.33. The largest absolute Gasteiger partial charge is 0.491 e. The molecule has 3 N–H and O–H groups in total. The molecule has 0 spiro atoms. The lowest BCUT2D eigenvalue weighted by Crippen LogP contribution is -2.21. The number of allylic oxidation sites excluding steroid dienone is 2. The summed E-state index contributed by atoms with van der Waals surface area (Å²) in [5.74, 6) is 0.951. The Morgan fingerprint density at radius 2 is 1.86 bits per heavy atom. The normalized spacial score (nSPS) is 11.0. The first kappa shape index (κ1) is 24.7. The SMILES string of the molecule is C/C=C/Cc1cc(-c2ccccc2)c(-c2nn[nH]n2)c(NC(=O)Nc2ccc(C)cc2)c1OCCC. The highest BCUT2D eigenvalue weighted by Crippen LogP contribution is 2.45. The summed E-state index contributed by atoms with van der Waals surface area (Å²) in [7, 11) is 0. The number of aromatic nitrogens is 4. The second-order valence-electron chi connectivity index (χ2n) is 8.33. The van der Waals surface area contributed by atoms with Crippen molar-refractivity contribution in [2.45, 2.75) is 33.6 Å². The number of amides is 2. The third-order valence-corrected chi connectivity index (χ3v) is 5.58. The molecule has 2 amide bonds. The van der Waals surface area contributed by atoms with Gasteiger partial charge >= 0.3 is 6.03 Å². The average Bonchev–Trinajstić information content (AvgIpc) is 3.43. The van der Waals surface area contributed by atoms with E-state index in [1.54, 1.807) is 0 Å². The molecule has 0 aliphatic carbocycles. The zero-order valence-electron chi connectivity index (χ0n) is 20.7. The molecule has 0 aliphatic rings. The zero-order valence-corrected chi connectivity index (χ0v) is 20.7. The van der Waals surface area contributed by atoms with Crippen LogP contribution in [-0.2, 0) is 6.42 Å². The van der Waals surface area contributed by atoms with E-state index in [2.05, 4.69) is 43.4 Å². The zero-order chi connectivity index (χ0) is 25.3. The van der Waals surface area contributed by atoms with Gasteiger partial charge in [0.15, 0.2) is 0 Å². The molecule has 0 radical (unpaired) electrons. The number of benzene rings is 3. The topological polar surface area (TPSA) is 105 Å². The minimum atomic E-state index is -0.396. The van der Waals surface area contributed by atoms with Crippen molar-refractivity contribution in [2.75, 3.05) is 17.2 Å². The van der Waals surface area contributed by atoms with Crippen molar-refractivity contribution >= 4 is 17.4 Å². The van der Waals surface area contributed by atoms with E-state index < -0.39 is 6.03 Å². The van der Waals surface area contributed by atoms with Gasteiger partial charge < -0.3 is 15.4 Å². The number of carbonyl (C=O) groups excluding carboxylic acids is 1. The molecule has 1 heterocycles. The van der Waals surface area contributed by atoms with Crippen LogP contribution in [0.25, 0.3) is 22.5 Å². The Morgan fingerprint density at radius 1 is 1.08 bits per heavy atom. The molecule has 0 saturated carbocycles. The Labute approximate surface area is 210 Å². The summed E-state index contributed by atoms with van der Waals surface area (Å²) >= 11 is 0. The van der Waals surface area contributed by atoms with Crippen LogP contribution >= 0.6 is 0 Å². The molecular weight excluding hydrogens is 452 g/mol. The predicted molar refractivity (Wildman–Crippen MR) is 143 cm³/mol. The Morgan fingerprint density at radius 3 is 2.53 bits per heavy atom. The fourth-order valence-electron chi connectivity index (χ4n) is 3.86. The van der Waals surface area contributed by atoms with Crippen LogP contribution in [0, 0.1) is 6.92 Å². The minimum Gasteiger partial charge on any atom is -0.491 e. The first-order chi connectivity index (χ1) is 17.6. The van der Waals surface area contributed by atoms with Crippen LogP contribution in [0.2, 0.25) is 0 Å². The lowest BCUT2D eigenvalue weighted by atomic mass is 9.93. The van der Waals surface area contributed by atoms with Gasteiger partial charge in [-0.2, -0.15) is 5.21 Å². The fraction of sp³-hybridized carbons (Fsp3) is 0.214. The maximum Gasteiger partial charge on any atom is 0.323 e. The molecule has 4 aromatic rings. The third kappa shape index (κ3) is 5.78. The third-order valence-electron chi connectivity index (χ3n) is 5.58. The molecule has 4 rings (SSSR count). The highest BCUT2D eigenvalue weighted by Gasteiger charge is 2.25. The standard InChI is InChI=1S/C28H30N6O2/c1-4-6-10-21-18-23(20-11-8-7-9-12-20)24(27-31-33-34-32-27)25(26(21)36-17-5-2)30-28(35)29-22-15-13-19(3)14-16-22/h4,6-9,11-16,18H,5,10,17H2,1-3H3,(H2,29,30,35)(H,31,32,33,34)/b6-4+. The average molecular weight is 483 g/mol. The fourth-order valence-corrected chi connectivity index (χ4v) is 3.86. The molecule has 1 aromatic heterocycles. The van der Waals surface area contributed by atoms with E-state index in [0.717, 1.165) is 28.7 Å². The van der Waals surface area contributed by atoms with E-state index in [0.29, 0.717) is 41.5 Å². The minimum absolute atomic E-state index is 0.360. The van der Waals surface area contributed by atoms with Crippen LogP contribution in [0.4, 0.5) is 16.2 Å². The number of nitrogens with zero attached hydrogens (tertiary/aromatic N) is 3. The van der Waals surface area contributed by atoms with E-state index in [-0.39, 0.29) is 0 Å². The number of nitrogens with one attached hydrogen (secondary N) is 3. The van der Waals surface area contributed by atoms with Crippen molar-refractivity contribution in [3.63, 3.8) is 0 Å². The number of anilines is 2. The van der Waals surface area contributed by atoms with Crippen molar-refractivity contribution < 1.29 is 9.53 Å². The molecule has 0 aliphatic heterocycles. The number of aryl methyl sites for hydroxylation is 1. The summed E-state index contributed by atoms with van der Waals surface area (Å²) in [5, 5.41) is 20.8. The number of hydrogen-bond donors (Lipinski definition) is 3. The monoisotopic (exact) mass is 482 g/mol. The number of hydrogen-bond acceptors (Lipinski definition) is 5.